The first-order valence-corrected chi connectivity index (χ1v) is 13.4. The van der Waals surface area contributed by atoms with Crippen molar-refractivity contribution in [2.75, 3.05) is 0 Å². The number of imidazole rings is 1. The summed E-state index contributed by atoms with van der Waals surface area (Å²) in [5.41, 5.74) is 1.98. The summed E-state index contributed by atoms with van der Waals surface area (Å²) in [5, 5.41) is 10.8. The molecule has 0 saturated heterocycles. The topological polar surface area (TPSA) is 81.4 Å². The van der Waals surface area contributed by atoms with Crippen LogP contribution in [0, 0.1) is 36.0 Å². The van der Waals surface area contributed by atoms with Gasteiger partial charge in [0, 0.05) is 24.5 Å². The van der Waals surface area contributed by atoms with Crippen LogP contribution in [0.2, 0.25) is 0 Å². The molecule has 198 valence electrons. The van der Waals surface area contributed by atoms with E-state index in [4.69, 9.17) is 4.74 Å². The molecule has 2 heterocycles. The van der Waals surface area contributed by atoms with Crippen molar-refractivity contribution in [2.45, 2.75) is 86.4 Å². The van der Waals surface area contributed by atoms with Crippen LogP contribution in [0.1, 0.15) is 84.7 Å². The highest BCUT2D eigenvalue weighted by Crippen LogP contribution is 2.34. The maximum absolute atomic E-state index is 13.2. The van der Waals surface area contributed by atoms with E-state index >= 15 is 0 Å². The quantitative estimate of drug-likeness (QED) is 0.483. The lowest BCUT2D eigenvalue weighted by Crippen LogP contribution is -2.38. The van der Waals surface area contributed by atoms with Gasteiger partial charge >= 0.3 is 5.97 Å². The second-order valence-electron chi connectivity index (χ2n) is 11.7. The van der Waals surface area contributed by atoms with E-state index in [9.17, 15) is 14.7 Å². The Labute approximate surface area is 216 Å². The second-order valence-corrected chi connectivity index (χ2v) is 11.7. The van der Waals surface area contributed by atoms with Crippen LogP contribution in [0.25, 0.3) is 11.0 Å². The Morgan fingerprint density at radius 3 is 2.42 bits per heavy atom. The predicted octanol–water partition coefficient (Wildman–Crippen LogP) is 6.10. The summed E-state index contributed by atoms with van der Waals surface area (Å²) in [6.07, 6.45) is 5.46. The van der Waals surface area contributed by atoms with Crippen molar-refractivity contribution in [1.29, 1.82) is 0 Å². The number of hydrogen-bond acceptors (Lipinski definition) is 5. The molecule has 36 heavy (non-hydrogen) atoms. The van der Waals surface area contributed by atoms with Gasteiger partial charge in [-0.05, 0) is 69.1 Å². The summed E-state index contributed by atoms with van der Waals surface area (Å²) in [5.74, 6) is 0.671. The Morgan fingerprint density at radius 2 is 1.72 bits per heavy atom. The van der Waals surface area contributed by atoms with Gasteiger partial charge in [0.25, 0.3) is 0 Å². The number of carbonyl (C=O) groups is 2. The number of Topliss-reactive ketones (excluding diaryl/α,β-unsaturated/α-hetero) is 1. The van der Waals surface area contributed by atoms with Crippen LogP contribution in [-0.4, -0.2) is 32.5 Å². The number of ether oxygens (including phenoxy) is 1. The van der Waals surface area contributed by atoms with Gasteiger partial charge in [0.05, 0.1) is 17.1 Å². The van der Waals surface area contributed by atoms with E-state index in [0.717, 1.165) is 41.7 Å². The number of benzene rings is 1. The fraction of sp³-hybridized carbons (Fsp3) is 0.633. The van der Waals surface area contributed by atoms with Gasteiger partial charge in [0.15, 0.2) is 0 Å². The molecule has 0 amide bonds. The fourth-order valence-electron chi connectivity index (χ4n) is 5.35. The van der Waals surface area contributed by atoms with E-state index in [1.54, 1.807) is 26.8 Å². The minimum Gasteiger partial charge on any atom is -0.454 e. The molecule has 6 heteroatoms. The zero-order valence-corrected chi connectivity index (χ0v) is 23.2. The number of esters is 1. The van der Waals surface area contributed by atoms with E-state index in [-0.39, 0.29) is 11.7 Å². The number of rotatable bonds is 1. The van der Waals surface area contributed by atoms with Gasteiger partial charge in [-0.3, -0.25) is 4.79 Å². The molecule has 0 spiro atoms. The van der Waals surface area contributed by atoms with Crippen LogP contribution in [0.5, 0.6) is 0 Å². The van der Waals surface area contributed by atoms with Crippen LogP contribution < -0.4 is 0 Å². The summed E-state index contributed by atoms with van der Waals surface area (Å²) in [4.78, 5) is 30.8. The molecule has 1 aromatic carbocycles. The molecular weight excluding hydrogens is 452 g/mol. The van der Waals surface area contributed by atoms with Gasteiger partial charge in [-0.1, -0.05) is 52.7 Å². The third-order valence-corrected chi connectivity index (χ3v) is 8.41. The summed E-state index contributed by atoms with van der Waals surface area (Å²) in [6.45, 7) is 13.8. The molecule has 0 saturated carbocycles. The third kappa shape index (κ3) is 6.26. The van der Waals surface area contributed by atoms with Crippen molar-refractivity contribution in [1.82, 2.24) is 9.55 Å². The number of aromatic nitrogens is 2. The monoisotopic (exact) mass is 496 g/mol. The summed E-state index contributed by atoms with van der Waals surface area (Å²) >= 11 is 0. The molecule has 1 aliphatic heterocycles. The fourth-order valence-corrected chi connectivity index (χ4v) is 5.35. The molecule has 1 aromatic heterocycles. The van der Waals surface area contributed by atoms with Crippen LogP contribution in [0.4, 0.5) is 0 Å². The summed E-state index contributed by atoms with van der Waals surface area (Å²) < 4.78 is 8.07. The Bertz CT molecular complexity index is 1120. The number of ketones is 1. The van der Waals surface area contributed by atoms with Gasteiger partial charge in [-0.2, -0.15) is 0 Å². The van der Waals surface area contributed by atoms with E-state index in [1.807, 2.05) is 39.1 Å². The molecule has 1 unspecified atom stereocenters. The van der Waals surface area contributed by atoms with Crippen LogP contribution in [0.3, 0.4) is 0 Å². The van der Waals surface area contributed by atoms with Crippen molar-refractivity contribution in [2.24, 2.45) is 36.1 Å². The smallest absolute Gasteiger partial charge is 0.331 e. The number of nitrogens with zero attached hydrogens (tertiary/aromatic N) is 2. The average Bonchev–Trinajstić information content (AvgIpc) is 3.12. The predicted molar refractivity (Wildman–Crippen MR) is 143 cm³/mol. The highest BCUT2D eigenvalue weighted by atomic mass is 16.5. The van der Waals surface area contributed by atoms with Gasteiger partial charge in [0.2, 0.25) is 0 Å². The Hall–Kier alpha value is -2.47. The third-order valence-electron chi connectivity index (χ3n) is 8.41. The number of carbonyl (C=O) groups excluding carboxylic acids is 2. The number of hydrogen-bond donors (Lipinski definition) is 1. The minimum atomic E-state index is -0.891. The highest BCUT2D eigenvalue weighted by Gasteiger charge is 2.35. The second kappa shape index (κ2) is 11.3. The molecule has 0 fully saturated rings. The van der Waals surface area contributed by atoms with Gasteiger partial charge < -0.3 is 14.4 Å². The zero-order valence-electron chi connectivity index (χ0n) is 23.2. The van der Waals surface area contributed by atoms with Crippen molar-refractivity contribution < 1.29 is 19.4 Å². The molecule has 6 nitrogen and oxygen atoms in total. The number of aliphatic hydroxyl groups excluding tert-OH is 1. The van der Waals surface area contributed by atoms with Crippen molar-refractivity contribution in [3.05, 3.63) is 41.7 Å². The number of fused-ring (bicyclic) bond motifs is 1. The molecule has 3 rings (SSSR count). The largest absolute Gasteiger partial charge is 0.454 e. The van der Waals surface area contributed by atoms with Crippen molar-refractivity contribution in [3.63, 3.8) is 0 Å². The minimum absolute atomic E-state index is 0.0328. The highest BCUT2D eigenvalue weighted by molar-refractivity contribution is 5.90. The van der Waals surface area contributed by atoms with Crippen LogP contribution >= 0.6 is 0 Å². The van der Waals surface area contributed by atoms with E-state index in [2.05, 4.69) is 23.4 Å². The maximum atomic E-state index is 13.2. The molecule has 6 atom stereocenters. The summed E-state index contributed by atoms with van der Waals surface area (Å²) in [7, 11) is 2.00. The SMILES string of the molecule is Cc1nc2cc([C@@H]3CC(C)[C@@H](C)CCC[C@H](C)[C@H](O)[C@@H](C)C(=O)C(C)(C)/C=C/C(=O)O3)ccc2n1C. The Balaban J connectivity index is 1.94. The van der Waals surface area contributed by atoms with E-state index in [0.29, 0.717) is 18.3 Å². The average molecular weight is 497 g/mol. The standard InChI is InChI=1S/C30H44N2O4/c1-18-10-9-11-19(2)28(34)21(4)29(35)30(6,7)15-14-27(33)36-26(16-20(18)3)23-12-13-25-24(17-23)31-22(5)32(25)8/h12-15,17-21,26,28,34H,9-11,16H2,1-8H3/b15-14+/t18-,19-,20?,21+,26-,28-/m0/s1. The molecular formula is C30H44N2O4. The summed E-state index contributed by atoms with van der Waals surface area (Å²) in [6, 6.07) is 6.09. The van der Waals surface area contributed by atoms with E-state index < -0.39 is 29.5 Å². The first-order valence-electron chi connectivity index (χ1n) is 13.4. The van der Waals surface area contributed by atoms with Crippen LogP contribution in [-0.2, 0) is 21.4 Å². The lowest BCUT2D eigenvalue weighted by Gasteiger charge is -2.30. The lowest BCUT2D eigenvalue weighted by molar-refractivity contribution is -0.144. The molecule has 0 aliphatic carbocycles. The number of aliphatic hydroxyl groups is 1. The molecule has 1 aliphatic rings. The normalized spacial score (nSPS) is 31.8. The van der Waals surface area contributed by atoms with Crippen molar-refractivity contribution in [3.8, 4) is 0 Å². The lowest BCUT2D eigenvalue weighted by atomic mass is 9.76. The first kappa shape index (κ1) is 28.1. The zero-order chi connectivity index (χ0) is 26.8. The van der Waals surface area contributed by atoms with E-state index in [1.165, 1.54) is 6.08 Å². The molecule has 1 N–H and O–H groups in total. The Morgan fingerprint density at radius 1 is 1.06 bits per heavy atom. The number of allylic oxidation sites excluding steroid dienone is 1. The van der Waals surface area contributed by atoms with Gasteiger partial charge in [-0.15, -0.1) is 0 Å². The number of aryl methyl sites for hydroxylation is 2. The van der Waals surface area contributed by atoms with Gasteiger partial charge in [0.1, 0.15) is 17.7 Å². The molecule has 0 radical (unpaired) electrons. The molecule has 2 aromatic rings. The Kier molecular flexibility index (Phi) is 8.81. The van der Waals surface area contributed by atoms with Crippen LogP contribution in [0.15, 0.2) is 30.4 Å². The first-order chi connectivity index (χ1) is 16.8. The number of cyclic esters (lactones) is 1. The maximum Gasteiger partial charge on any atom is 0.331 e. The van der Waals surface area contributed by atoms with Gasteiger partial charge in [-0.25, -0.2) is 9.78 Å². The van der Waals surface area contributed by atoms with Crippen molar-refractivity contribution >= 4 is 22.8 Å². The molecule has 0 bridgehead atoms.